The molecule has 0 radical (unpaired) electrons. The van der Waals surface area contributed by atoms with Crippen molar-refractivity contribution in [3.8, 4) is 11.3 Å². The van der Waals surface area contributed by atoms with Crippen LogP contribution >= 0.6 is 11.3 Å². The van der Waals surface area contributed by atoms with Gasteiger partial charge in [-0.25, -0.2) is 4.98 Å². The third kappa shape index (κ3) is 4.60. The average molecular weight is 453 g/mol. The number of aromatic nitrogens is 2. The fourth-order valence-corrected chi connectivity index (χ4v) is 5.21. The number of thiazole rings is 1. The Morgan fingerprint density at radius 2 is 1.94 bits per heavy atom. The maximum absolute atomic E-state index is 13.1. The summed E-state index contributed by atoms with van der Waals surface area (Å²) in [5.74, 6) is -0.420. The fourth-order valence-electron chi connectivity index (χ4n) is 4.24. The number of hydrogen-bond acceptors (Lipinski definition) is 5. The van der Waals surface area contributed by atoms with Gasteiger partial charge in [-0.05, 0) is 18.8 Å². The van der Waals surface area contributed by atoms with Crippen LogP contribution in [0.2, 0.25) is 0 Å². The molecule has 1 aliphatic rings. The second kappa shape index (κ2) is 9.24. The summed E-state index contributed by atoms with van der Waals surface area (Å²) >= 11 is 1.50. The van der Waals surface area contributed by atoms with E-state index in [1.165, 1.54) is 18.3 Å². The molecule has 3 heterocycles. The molecule has 0 bridgehead atoms. The predicted octanol–water partition coefficient (Wildman–Crippen LogP) is 3.33. The van der Waals surface area contributed by atoms with Crippen LogP contribution in [0.5, 0.6) is 0 Å². The highest BCUT2D eigenvalue weighted by atomic mass is 32.1. The fraction of sp³-hybridized carbons (Fsp3) is 0.417. The standard InChI is InChI=1S/C24H28N4O3S/c1-15(2)22(25-16(3)29)23(31)28-11-7-10-20(28)21(30)12-18-13-27-14-19(26-24(27)32-18)17-8-5-4-6-9-17/h4-6,8-9,13-15,20,22H,7,10-12H2,1-3H3,(H,25,29)/t20-,22-/m0/s1. The topological polar surface area (TPSA) is 83.8 Å². The Morgan fingerprint density at radius 3 is 2.59 bits per heavy atom. The third-order valence-electron chi connectivity index (χ3n) is 5.82. The van der Waals surface area contributed by atoms with Crippen LogP contribution < -0.4 is 5.32 Å². The number of nitrogens with zero attached hydrogens (tertiary/aromatic N) is 3. The van der Waals surface area contributed by atoms with E-state index in [1.54, 1.807) is 4.90 Å². The highest BCUT2D eigenvalue weighted by molar-refractivity contribution is 7.17. The first-order valence-corrected chi connectivity index (χ1v) is 11.8. The number of Topliss-reactive ketones (excluding diaryl/α,β-unsaturated/α-hetero) is 1. The Kier molecular flexibility index (Phi) is 6.41. The molecule has 0 spiro atoms. The van der Waals surface area contributed by atoms with Crippen LogP contribution in [0.1, 0.15) is 38.5 Å². The lowest BCUT2D eigenvalue weighted by molar-refractivity contribution is -0.141. The van der Waals surface area contributed by atoms with E-state index in [9.17, 15) is 14.4 Å². The quantitative estimate of drug-likeness (QED) is 0.596. The molecule has 7 nitrogen and oxygen atoms in total. The van der Waals surface area contributed by atoms with E-state index in [0.29, 0.717) is 13.0 Å². The average Bonchev–Trinajstić information content (AvgIpc) is 3.46. The molecular weight excluding hydrogens is 424 g/mol. The van der Waals surface area contributed by atoms with Crippen LogP contribution in [-0.4, -0.2) is 50.5 Å². The van der Waals surface area contributed by atoms with E-state index >= 15 is 0 Å². The Morgan fingerprint density at radius 1 is 1.19 bits per heavy atom. The van der Waals surface area contributed by atoms with Crippen molar-refractivity contribution in [2.45, 2.75) is 52.1 Å². The van der Waals surface area contributed by atoms with Crippen molar-refractivity contribution >= 4 is 33.9 Å². The van der Waals surface area contributed by atoms with Crippen LogP contribution in [0.15, 0.2) is 42.7 Å². The van der Waals surface area contributed by atoms with Crippen molar-refractivity contribution in [3.63, 3.8) is 0 Å². The number of carbonyl (C=O) groups is 3. The van der Waals surface area contributed by atoms with Crippen molar-refractivity contribution in [2.24, 2.45) is 5.92 Å². The lowest BCUT2D eigenvalue weighted by Gasteiger charge is -2.30. The Bertz CT molecular complexity index is 1100. The Labute approximate surface area is 191 Å². The summed E-state index contributed by atoms with van der Waals surface area (Å²) < 4.78 is 1.96. The molecule has 1 aliphatic heterocycles. The minimum atomic E-state index is -0.609. The van der Waals surface area contributed by atoms with E-state index < -0.39 is 12.1 Å². The summed E-state index contributed by atoms with van der Waals surface area (Å²) in [5, 5.41) is 2.75. The van der Waals surface area contributed by atoms with Gasteiger partial charge in [0, 0.05) is 42.7 Å². The minimum Gasteiger partial charge on any atom is -0.344 e. The number of rotatable bonds is 7. The second-order valence-corrected chi connectivity index (χ2v) is 9.73. The number of hydrogen-bond donors (Lipinski definition) is 1. The molecule has 0 saturated carbocycles. The minimum absolute atomic E-state index is 0.0361. The maximum Gasteiger partial charge on any atom is 0.246 e. The normalized spacial score (nSPS) is 17.1. The number of imidazole rings is 1. The summed E-state index contributed by atoms with van der Waals surface area (Å²) in [6, 6.07) is 8.94. The molecule has 1 saturated heterocycles. The van der Waals surface area contributed by atoms with E-state index in [0.717, 1.165) is 27.5 Å². The molecule has 2 aromatic heterocycles. The number of fused-ring (bicyclic) bond motifs is 1. The van der Waals surface area contributed by atoms with Crippen molar-refractivity contribution in [1.82, 2.24) is 19.6 Å². The van der Waals surface area contributed by atoms with Crippen LogP contribution in [-0.2, 0) is 20.8 Å². The van der Waals surface area contributed by atoms with Crippen molar-refractivity contribution in [2.75, 3.05) is 6.54 Å². The molecule has 8 heteroatoms. The highest BCUT2D eigenvalue weighted by Crippen LogP contribution is 2.26. The number of ketones is 1. The molecule has 1 N–H and O–H groups in total. The first kappa shape index (κ1) is 22.2. The van der Waals surface area contributed by atoms with Gasteiger partial charge in [-0.1, -0.05) is 44.2 Å². The zero-order chi connectivity index (χ0) is 22.8. The van der Waals surface area contributed by atoms with Gasteiger partial charge in [-0.2, -0.15) is 0 Å². The van der Waals surface area contributed by atoms with Gasteiger partial charge in [0.1, 0.15) is 6.04 Å². The molecule has 0 unspecified atom stereocenters. The number of carbonyl (C=O) groups excluding carboxylic acids is 3. The van der Waals surface area contributed by atoms with Crippen LogP contribution in [0.25, 0.3) is 16.2 Å². The number of nitrogens with one attached hydrogen (secondary N) is 1. The molecule has 32 heavy (non-hydrogen) atoms. The number of benzene rings is 1. The third-order valence-corrected chi connectivity index (χ3v) is 6.82. The molecule has 1 fully saturated rings. The van der Waals surface area contributed by atoms with Gasteiger partial charge < -0.3 is 10.2 Å². The van der Waals surface area contributed by atoms with Gasteiger partial charge in [-0.15, -0.1) is 11.3 Å². The van der Waals surface area contributed by atoms with Crippen molar-refractivity contribution in [1.29, 1.82) is 0 Å². The largest absolute Gasteiger partial charge is 0.344 e. The van der Waals surface area contributed by atoms with Gasteiger partial charge in [0.25, 0.3) is 0 Å². The molecule has 4 rings (SSSR count). The SMILES string of the molecule is CC(=O)N[C@H](C(=O)N1CCC[C@H]1C(=O)Cc1cn2cc(-c3ccccc3)nc2s1)C(C)C. The zero-order valence-corrected chi connectivity index (χ0v) is 19.4. The maximum atomic E-state index is 13.1. The van der Waals surface area contributed by atoms with Crippen molar-refractivity contribution < 1.29 is 14.4 Å². The Balaban J connectivity index is 1.46. The summed E-state index contributed by atoms with van der Waals surface area (Å²) in [6.45, 7) is 5.75. The highest BCUT2D eigenvalue weighted by Gasteiger charge is 2.38. The first-order chi connectivity index (χ1) is 15.3. The zero-order valence-electron chi connectivity index (χ0n) is 18.6. The molecule has 3 aromatic rings. The molecule has 1 aromatic carbocycles. The summed E-state index contributed by atoms with van der Waals surface area (Å²) in [4.78, 5) is 45.9. The summed E-state index contributed by atoms with van der Waals surface area (Å²) in [5.41, 5.74) is 1.96. The smallest absolute Gasteiger partial charge is 0.246 e. The molecular formula is C24H28N4O3S. The lowest BCUT2D eigenvalue weighted by atomic mass is 10.0. The van der Waals surface area contributed by atoms with Gasteiger partial charge in [0.2, 0.25) is 11.8 Å². The monoisotopic (exact) mass is 452 g/mol. The van der Waals surface area contributed by atoms with Crippen molar-refractivity contribution in [3.05, 3.63) is 47.6 Å². The van der Waals surface area contributed by atoms with E-state index in [-0.39, 0.29) is 29.9 Å². The van der Waals surface area contributed by atoms with Crippen LogP contribution in [0.4, 0.5) is 0 Å². The molecule has 168 valence electrons. The van der Waals surface area contributed by atoms with Gasteiger partial charge in [0.15, 0.2) is 10.7 Å². The number of amides is 2. The predicted molar refractivity (Wildman–Crippen MR) is 124 cm³/mol. The Hall–Kier alpha value is -3.00. The van der Waals surface area contributed by atoms with Gasteiger partial charge >= 0.3 is 0 Å². The lowest BCUT2D eigenvalue weighted by Crippen LogP contribution is -2.53. The number of likely N-dealkylation sites (tertiary alicyclic amines) is 1. The summed E-state index contributed by atoms with van der Waals surface area (Å²) in [6.07, 6.45) is 5.65. The van der Waals surface area contributed by atoms with Crippen LogP contribution in [0.3, 0.4) is 0 Å². The van der Waals surface area contributed by atoms with Crippen LogP contribution in [0, 0.1) is 5.92 Å². The van der Waals surface area contributed by atoms with E-state index in [1.807, 2.05) is 61.0 Å². The summed E-state index contributed by atoms with van der Waals surface area (Å²) in [7, 11) is 0. The van der Waals surface area contributed by atoms with E-state index in [4.69, 9.17) is 0 Å². The molecule has 2 amide bonds. The van der Waals surface area contributed by atoms with E-state index in [2.05, 4.69) is 10.3 Å². The molecule has 0 aliphatic carbocycles. The van der Waals surface area contributed by atoms with Gasteiger partial charge in [-0.3, -0.25) is 18.8 Å². The van der Waals surface area contributed by atoms with Gasteiger partial charge in [0.05, 0.1) is 11.7 Å². The second-order valence-electron chi connectivity index (χ2n) is 8.63. The first-order valence-electron chi connectivity index (χ1n) is 11.0. The molecule has 2 atom stereocenters.